The van der Waals surface area contributed by atoms with Gasteiger partial charge in [-0.2, -0.15) is 0 Å². The summed E-state index contributed by atoms with van der Waals surface area (Å²) >= 11 is 3.57. The zero-order valence-corrected chi connectivity index (χ0v) is 13.5. The van der Waals surface area contributed by atoms with Gasteiger partial charge < -0.3 is 15.0 Å². The average Bonchev–Trinajstić information content (AvgIpc) is 2.62. The van der Waals surface area contributed by atoms with Gasteiger partial charge in [0.2, 0.25) is 0 Å². The highest BCUT2D eigenvalue weighted by atomic mass is 79.9. The van der Waals surface area contributed by atoms with Crippen LogP contribution >= 0.6 is 15.9 Å². The molecule has 19 heavy (non-hydrogen) atoms. The number of benzene rings is 1. The summed E-state index contributed by atoms with van der Waals surface area (Å²) in [5.74, 6) is 0. The molecule has 0 amide bonds. The van der Waals surface area contributed by atoms with Crippen LogP contribution in [-0.4, -0.2) is 32.8 Å². The van der Waals surface area contributed by atoms with Gasteiger partial charge in [0.1, 0.15) is 0 Å². The smallest absolute Gasteiger partial charge is 0.0721 e. The molecule has 1 aliphatic heterocycles. The minimum absolute atomic E-state index is 0.295. The molecule has 2 rings (SSSR count). The van der Waals surface area contributed by atoms with Crippen molar-refractivity contribution in [2.24, 2.45) is 0 Å². The molecule has 1 heterocycles. The van der Waals surface area contributed by atoms with Gasteiger partial charge in [0.15, 0.2) is 0 Å². The van der Waals surface area contributed by atoms with Crippen LogP contribution in [0.15, 0.2) is 22.7 Å². The highest BCUT2D eigenvalue weighted by molar-refractivity contribution is 9.10. The second-order valence-corrected chi connectivity index (χ2v) is 6.11. The number of anilines is 1. The molecule has 0 radical (unpaired) electrons. The molecular formula is C15H23BrN2O. The monoisotopic (exact) mass is 326 g/mol. The molecule has 4 heteroatoms. The van der Waals surface area contributed by atoms with E-state index in [0.717, 1.165) is 30.6 Å². The van der Waals surface area contributed by atoms with E-state index in [1.54, 1.807) is 0 Å². The summed E-state index contributed by atoms with van der Waals surface area (Å²) in [5.41, 5.74) is 2.66. The van der Waals surface area contributed by atoms with Crippen molar-refractivity contribution >= 4 is 21.6 Å². The fourth-order valence-corrected chi connectivity index (χ4v) is 2.91. The van der Waals surface area contributed by atoms with Crippen LogP contribution in [0, 0.1) is 0 Å². The van der Waals surface area contributed by atoms with Crippen molar-refractivity contribution in [3.8, 4) is 0 Å². The van der Waals surface area contributed by atoms with E-state index < -0.39 is 0 Å². The first-order valence-electron chi connectivity index (χ1n) is 6.95. The number of ether oxygens (including phenoxy) is 1. The topological polar surface area (TPSA) is 24.5 Å². The first-order valence-corrected chi connectivity index (χ1v) is 7.74. The third kappa shape index (κ3) is 3.71. The molecule has 2 unspecified atom stereocenters. The lowest BCUT2D eigenvalue weighted by Gasteiger charge is -2.28. The van der Waals surface area contributed by atoms with Crippen molar-refractivity contribution in [2.45, 2.75) is 32.4 Å². The van der Waals surface area contributed by atoms with Gasteiger partial charge in [-0.1, -0.05) is 15.9 Å². The molecule has 0 aromatic heterocycles. The van der Waals surface area contributed by atoms with Gasteiger partial charge in [-0.05, 0) is 51.1 Å². The molecule has 0 saturated carbocycles. The van der Waals surface area contributed by atoms with Crippen LogP contribution in [0.25, 0.3) is 0 Å². The van der Waals surface area contributed by atoms with Gasteiger partial charge in [0, 0.05) is 35.9 Å². The van der Waals surface area contributed by atoms with E-state index in [-0.39, 0.29) is 0 Å². The van der Waals surface area contributed by atoms with E-state index >= 15 is 0 Å². The van der Waals surface area contributed by atoms with Gasteiger partial charge in [-0.3, -0.25) is 0 Å². The highest BCUT2D eigenvalue weighted by Gasteiger charge is 2.19. The molecule has 0 aliphatic carbocycles. The van der Waals surface area contributed by atoms with E-state index in [2.05, 4.69) is 58.2 Å². The number of rotatable bonds is 3. The Hall–Kier alpha value is -0.580. The molecule has 3 nitrogen and oxygen atoms in total. The maximum atomic E-state index is 5.74. The molecule has 1 aliphatic rings. The Kier molecular flexibility index (Phi) is 5.25. The van der Waals surface area contributed by atoms with Gasteiger partial charge in [0.05, 0.1) is 6.10 Å². The standard InChI is InChI=1S/C15H23BrN2O/c1-11-10-18(7-4-8-19-11)15-6-5-13(16)9-14(15)12(2)17-3/h5-6,9,11-12,17H,4,7-8,10H2,1-3H3. The summed E-state index contributed by atoms with van der Waals surface area (Å²) in [7, 11) is 2.00. The van der Waals surface area contributed by atoms with Gasteiger partial charge in [-0.25, -0.2) is 0 Å². The van der Waals surface area contributed by atoms with Crippen molar-refractivity contribution in [1.82, 2.24) is 5.32 Å². The molecule has 1 fully saturated rings. The molecule has 1 saturated heterocycles. The SMILES string of the molecule is CNC(C)c1cc(Br)ccc1N1CCCOC(C)C1. The number of hydrogen-bond acceptors (Lipinski definition) is 3. The Morgan fingerprint density at radius 2 is 2.26 bits per heavy atom. The maximum absolute atomic E-state index is 5.74. The third-order valence-corrected chi connectivity index (χ3v) is 4.18. The number of nitrogens with one attached hydrogen (secondary N) is 1. The minimum Gasteiger partial charge on any atom is -0.377 e. The zero-order chi connectivity index (χ0) is 13.8. The second-order valence-electron chi connectivity index (χ2n) is 5.19. The fourth-order valence-electron chi connectivity index (χ4n) is 2.53. The average molecular weight is 327 g/mol. The van der Waals surface area contributed by atoms with Crippen molar-refractivity contribution in [3.63, 3.8) is 0 Å². The maximum Gasteiger partial charge on any atom is 0.0721 e. The zero-order valence-electron chi connectivity index (χ0n) is 11.9. The van der Waals surface area contributed by atoms with Crippen LogP contribution in [0.1, 0.15) is 31.9 Å². The molecule has 106 valence electrons. The van der Waals surface area contributed by atoms with Crippen molar-refractivity contribution in [1.29, 1.82) is 0 Å². The van der Waals surface area contributed by atoms with Crippen LogP contribution in [0.5, 0.6) is 0 Å². The molecule has 2 atom stereocenters. The molecule has 0 bridgehead atoms. The molecular weight excluding hydrogens is 304 g/mol. The first-order chi connectivity index (χ1) is 9.11. The lowest BCUT2D eigenvalue weighted by molar-refractivity contribution is 0.0821. The number of halogens is 1. The van der Waals surface area contributed by atoms with Crippen molar-refractivity contribution in [2.75, 3.05) is 31.6 Å². The van der Waals surface area contributed by atoms with Crippen LogP contribution in [-0.2, 0) is 4.74 Å². The van der Waals surface area contributed by atoms with Crippen LogP contribution < -0.4 is 10.2 Å². The number of nitrogens with zero attached hydrogens (tertiary/aromatic N) is 1. The van der Waals surface area contributed by atoms with Gasteiger partial charge in [0.25, 0.3) is 0 Å². The number of hydrogen-bond donors (Lipinski definition) is 1. The van der Waals surface area contributed by atoms with E-state index in [1.807, 2.05) is 7.05 Å². The lowest BCUT2D eigenvalue weighted by atomic mass is 10.0. The molecule has 1 N–H and O–H groups in total. The largest absolute Gasteiger partial charge is 0.377 e. The Bertz CT molecular complexity index is 425. The second kappa shape index (κ2) is 6.73. The Morgan fingerprint density at radius 3 is 3.00 bits per heavy atom. The van der Waals surface area contributed by atoms with Gasteiger partial charge >= 0.3 is 0 Å². The molecule has 0 spiro atoms. The third-order valence-electron chi connectivity index (χ3n) is 3.68. The van der Waals surface area contributed by atoms with Crippen LogP contribution in [0.2, 0.25) is 0 Å². The summed E-state index contributed by atoms with van der Waals surface area (Å²) in [6, 6.07) is 6.89. The molecule has 1 aromatic carbocycles. The summed E-state index contributed by atoms with van der Waals surface area (Å²) in [6.45, 7) is 7.24. The normalized spacial score (nSPS) is 22.1. The predicted molar refractivity (Wildman–Crippen MR) is 83.9 cm³/mol. The summed E-state index contributed by atoms with van der Waals surface area (Å²) in [5, 5.41) is 3.34. The summed E-state index contributed by atoms with van der Waals surface area (Å²) in [6.07, 6.45) is 1.39. The van der Waals surface area contributed by atoms with Gasteiger partial charge in [-0.15, -0.1) is 0 Å². The van der Waals surface area contributed by atoms with E-state index in [9.17, 15) is 0 Å². The highest BCUT2D eigenvalue weighted by Crippen LogP contribution is 2.30. The lowest BCUT2D eigenvalue weighted by Crippen LogP contribution is -2.31. The van der Waals surface area contributed by atoms with Crippen LogP contribution in [0.4, 0.5) is 5.69 Å². The predicted octanol–water partition coefficient (Wildman–Crippen LogP) is 3.34. The summed E-state index contributed by atoms with van der Waals surface area (Å²) in [4.78, 5) is 2.45. The Morgan fingerprint density at radius 1 is 1.47 bits per heavy atom. The Labute approximate surface area is 124 Å². The summed E-state index contributed by atoms with van der Waals surface area (Å²) < 4.78 is 6.87. The van der Waals surface area contributed by atoms with Crippen molar-refractivity contribution in [3.05, 3.63) is 28.2 Å². The van der Waals surface area contributed by atoms with E-state index in [4.69, 9.17) is 4.74 Å². The van der Waals surface area contributed by atoms with E-state index in [0.29, 0.717) is 12.1 Å². The molecule has 1 aromatic rings. The fraction of sp³-hybridized carbons (Fsp3) is 0.600. The van der Waals surface area contributed by atoms with Crippen molar-refractivity contribution < 1.29 is 4.74 Å². The van der Waals surface area contributed by atoms with E-state index in [1.165, 1.54) is 11.3 Å². The first kappa shape index (κ1) is 14.8. The quantitative estimate of drug-likeness (QED) is 0.921. The van der Waals surface area contributed by atoms with Crippen LogP contribution in [0.3, 0.4) is 0 Å². The Balaban J connectivity index is 2.31. The minimum atomic E-state index is 0.295.